The molecule has 82 valence electrons. The number of carbonyl (C=O) groups excluding carboxylic acids is 2. The minimum atomic E-state index is -0.0506. The maximum absolute atomic E-state index is 11.3. The van der Waals surface area contributed by atoms with E-state index in [0.29, 0.717) is 25.2 Å². The van der Waals surface area contributed by atoms with Gasteiger partial charge in [-0.3, -0.25) is 14.7 Å². The van der Waals surface area contributed by atoms with E-state index in [1.807, 2.05) is 0 Å². The van der Waals surface area contributed by atoms with Gasteiger partial charge in [0.05, 0.1) is 6.20 Å². The number of anilines is 1. The van der Waals surface area contributed by atoms with E-state index >= 15 is 0 Å². The highest BCUT2D eigenvalue weighted by Gasteiger charge is 2.01. The number of aromatic nitrogens is 2. The smallest absolute Gasteiger partial charge is 0.225 e. The Hall–Kier alpha value is -1.85. The van der Waals surface area contributed by atoms with E-state index in [9.17, 15) is 9.59 Å². The molecule has 0 radical (unpaired) electrons. The Morgan fingerprint density at radius 2 is 2.40 bits per heavy atom. The zero-order valence-electron chi connectivity index (χ0n) is 8.32. The minimum Gasteiger partial charge on any atom is -0.359 e. The van der Waals surface area contributed by atoms with Crippen molar-refractivity contribution in [2.24, 2.45) is 0 Å². The van der Waals surface area contributed by atoms with E-state index in [1.165, 1.54) is 0 Å². The molecule has 1 rings (SSSR count). The quantitative estimate of drug-likeness (QED) is 0.445. The Balaban J connectivity index is 2.06. The number of amides is 2. The molecule has 1 aromatic heterocycles. The largest absolute Gasteiger partial charge is 0.359 e. The molecule has 0 aromatic carbocycles. The summed E-state index contributed by atoms with van der Waals surface area (Å²) in [5.41, 5.74) is 0. The van der Waals surface area contributed by atoms with Gasteiger partial charge in [-0.1, -0.05) is 0 Å². The van der Waals surface area contributed by atoms with E-state index < -0.39 is 0 Å². The molecular formula is C9H14N4O2. The highest BCUT2D eigenvalue weighted by molar-refractivity contribution is 5.89. The van der Waals surface area contributed by atoms with Gasteiger partial charge in [-0.2, -0.15) is 5.10 Å². The molecule has 0 atom stereocenters. The summed E-state index contributed by atoms with van der Waals surface area (Å²) in [6.45, 7) is 0.612. The molecule has 15 heavy (non-hydrogen) atoms. The number of H-pyrrole nitrogens is 1. The SMILES string of the molecule is O=CNCCCCC(=O)Nc1ccn[nH]1. The number of nitrogens with one attached hydrogen (secondary N) is 3. The van der Waals surface area contributed by atoms with Gasteiger partial charge in [0.1, 0.15) is 5.82 Å². The molecule has 0 unspecified atom stereocenters. The second kappa shape index (κ2) is 6.58. The molecular weight excluding hydrogens is 196 g/mol. The third-order valence-corrected chi connectivity index (χ3v) is 1.83. The molecule has 0 spiro atoms. The van der Waals surface area contributed by atoms with E-state index in [0.717, 1.165) is 12.8 Å². The third kappa shape index (κ3) is 4.80. The van der Waals surface area contributed by atoms with E-state index in [1.54, 1.807) is 12.3 Å². The van der Waals surface area contributed by atoms with Gasteiger partial charge in [-0.15, -0.1) is 0 Å². The Kier molecular flexibility index (Phi) is 4.93. The maximum Gasteiger partial charge on any atom is 0.225 e. The van der Waals surface area contributed by atoms with Crippen LogP contribution in [0.3, 0.4) is 0 Å². The molecule has 0 saturated heterocycles. The van der Waals surface area contributed by atoms with Gasteiger partial charge in [-0.25, -0.2) is 0 Å². The molecule has 6 heteroatoms. The lowest BCUT2D eigenvalue weighted by Gasteiger charge is -2.01. The average Bonchev–Trinajstić information content (AvgIpc) is 2.70. The summed E-state index contributed by atoms with van der Waals surface area (Å²) in [7, 11) is 0. The normalized spacial score (nSPS) is 9.60. The van der Waals surface area contributed by atoms with Crippen LogP contribution in [0.4, 0.5) is 5.82 Å². The molecule has 1 aromatic rings. The van der Waals surface area contributed by atoms with Crippen LogP contribution in [0.5, 0.6) is 0 Å². The van der Waals surface area contributed by atoms with E-state index in [4.69, 9.17) is 0 Å². The predicted octanol–water partition coefficient (Wildman–Crippen LogP) is 0.264. The first-order valence-corrected chi connectivity index (χ1v) is 4.79. The maximum atomic E-state index is 11.3. The Labute approximate surface area is 87.4 Å². The summed E-state index contributed by atoms with van der Waals surface area (Å²) in [6.07, 6.45) is 4.23. The number of unbranched alkanes of at least 4 members (excludes halogenated alkanes) is 1. The lowest BCUT2D eigenvalue weighted by Crippen LogP contribution is -2.14. The van der Waals surface area contributed by atoms with Crippen LogP contribution in [0.1, 0.15) is 19.3 Å². The second-order valence-electron chi connectivity index (χ2n) is 3.05. The number of hydrogen-bond donors (Lipinski definition) is 3. The summed E-state index contributed by atoms with van der Waals surface area (Å²) in [5.74, 6) is 0.552. The van der Waals surface area contributed by atoms with Gasteiger partial charge in [0.25, 0.3) is 0 Å². The zero-order chi connectivity index (χ0) is 10.9. The van der Waals surface area contributed by atoms with Crippen LogP contribution in [0.15, 0.2) is 12.3 Å². The van der Waals surface area contributed by atoms with Crippen LogP contribution in [0.2, 0.25) is 0 Å². The molecule has 1 heterocycles. The summed E-state index contributed by atoms with van der Waals surface area (Å²) in [5, 5.41) is 11.6. The van der Waals surface area contributed by atoms with Crippen LogP contribution < -0.4 is 10.6 Å². The van der Waals surface area contributed by atoms with Crippen molar-refractivity contribution in [3.8, 4) is 0 Å². The third-order valence-electron chi connectivity index (χ3n) is 1.83. The van der Waals surface area contributed by atoms with Gasteiger partial charge in [0.15, 0.2) is 0 Å². The van der Waals surface area contributed by atoms with Crippen molar-refractivity contribution in [1.29, 1.82) is 0 Å². The number of aromatic amines is 1. The fourth-order valence-electron chi connectivity index (χ4n) is 1.11. The summed E-state index contributed by atoms with van der Waals surface area (Å²) in [6, 6.07) is 1.69. The predicted molar refractivity (Wildman–Crippen MR) is 55.1 cm³/mol. The van der Waals surface area contributed by atoms with Gasteiger partial charge < -0.3 is 10.6 Å². The molecule has 0 fully saturated rings. The van der Waals surface area contributed by atoms with Crippen LogP contribution in [-0.4, -0.2) is 29.1 Å². The van der Waals surface area contributed by atoms with Crippen molar-refractivity contribution in [1.82, 2.24) is 15.5 Å². The Morgan fingerprint density at radius 3 is 3.07 bits per heavy atom. The Bertz CT molecular complexity index is 297. The molecule has 6 nitrogen and oxygen atoms in total. The van der Waals surface area contributed by atoms with Crippen LogP contribution in [-0.2, 0) is 9.59 Å². The molecule has 0 aliphatic carbocycles. The fraction of sp³-hybridized carbons (Fsp3) is 0.444. The standard InChI is InChI=1S/C9H14N4O2/c14-7-10-5-2-1-3-9(15)12-8-4-6-11-13-8/h4,6-7H,1-3,5H2,(H,10,14)(H2,11,12,13,15). The Morgan fingerprint density at radius 1 is 1.53 bits per heavy atom. The number of rotatable bonds is 7. The molecule has 0 saturated carbocycles. The van der Waals surface area contributed by atoms with Gasteiger partial charge >= 0.3 is 0 Å². The molecule has 3 N–H and O–H groups in total. The molecule has 0 aliphatic rings. The first-order valence-electron chi connectivity index (χ1n) is 4.79. The fourth-order valence-corrected chi connectivity index (χ4v) is 1.11. The average molecular weight is 210 g/mol. The second-order valence-corrected chi connectivity index (χ2v) is 3.05. The lowest BCUT2D eigenvalue weighted by molar-refractivity contribution is -0.116. The zero-order valence-corrected chi connectivity index (χ0v) is 8.32. The summed E-state index contributed by atoms with van der Waals surface area (Å²) in [4.78, 5) is 21.2. The van der Waals surface area contributed by atoms with Crippen LogP contribution in [0, 0.1) is 0 Å². The summed E-state index contributed by atoms with van der Waals surface area (Å²) >= 11 is 0. The van der Waals surface area contributed by atoms with Crippen molar-refractivity contribution in [3.05, 3.63) is 12.3 Å². The van der Waals surface area contributed by atoms with Crippen molar-refractivity contribution in [2.45, 2.75) is 19.3 Å². The molecule has 0 bridgehead atoms. The number of hydrogen-bond acceptors (Lipinski definition) is 3. The summed E-state index contributed by atoms with van der Waals surface area (Å²) < 4.78 is 0. The number of nitrogens with zero attached hydrogens (tertiary/aromatic N) is 1. The minimum absolute atomic E-state index is 0.0506. The van der Waals surface area contributed by atoms with Crippen molar-refractivity contribution < 1.29 is 9.59 Å². The van der Waals surface area contributed by atoms with Crippen molar-refractivity contribution >= 4 is 18.1 Å². The first kappa shape index (κ1) is 11.2. The topological polar surface area (TPSA) is 86.9 Å². The molecule has 0 aliphatic heterocycles. The lowest BCUT2D eigenvalue weighted by atomic mass is 10.2. The molecule has 2 amide bonds. The van der Waals surface area contributed by atoms with Gasteiger partial charge in [0.2, 0.25) is 12.3 Å². The van der Waals surface area contributed by atoms with E-state index in [2.05, 4.69) is 20.8 Å². The van der Waals surface area contributed by atoms with Crippen LogP contribution >= 0.6 is 0 Å². The van der Waals surface area contributed by atoms with Crippen LogP contribution in [0.25, 0.3) is 0 Å². The highest BCUT2D eigenvalue weighted by Crippen LogP contribution is 2.01. The monoisotopic (exact) mass is 210 g/mol. The van der Waals surface area contributed by atoms with Crippen molar-refractivity contribution in [2.75, 3.05) is 11.9 Å². The highest BCUT2D eigenvalue weighted by atomic mass is 16.1. The first-order chi connectivity index (χ1) is 7.33. The van der Waals surface area contributed by atoms with Gasteiger partial charge in [-0.05, 0) is 12.8 Å². The number of carbonyl (C=O) groups is 2. The van der Waals surface area contributed by atoms with Crippen molar-refractivity contribution in [3.63, 3.8) is 0 Å². The van der Waals surface area contributed by atoms with Gasteiger partial charge in [0, 0.05) is 19.0 Å². The van der Waals surface area contributed by atoms with E-state index in [-0.39, 0.29) is 5.91 Å².